The van der Waals surface area contributed by atoms with E-state index in [9.17, 15) is 4.80 Å². The van der Waals surface area contributed by atoms with E-state index in [1.807, 2.05) is 19.2 Å². The minimum Gasteiger partial charge on any atom is -0.435 e. The van der Waals surface area contributed by atoms with E-state index in [0.717, 1.165) is 19.4 Å². The van der Waals surface area contributed by atoms with Gasteiger partial charge < -0.3 is 21.9 Å². The van der Waals surface area contributed by atoms with Gasteiger partial charge in [0, 0.05) is 6.61 Å². The van der Waals surface area contributed by atoms with Crippen molar-refractivity contribution in [2.24, 2.45) is 0 Å². The van der Waals surface area contributed by atoms with E-state index < -0.39 is 34.0 Å². The van der Waals surface area contributed by atoms with Crippen LogP contribution in [0.5, 0.6) is 0 Å². The molecule has 156 valence electrons. The number of hydrogen-bond acceptors (Lipinski definition) is 5. The molecule has 0 aromatic rings. The number of unbranched alkanes of at least 4 members (excludes halogenated alkanes) is 4. The van der Waals surface area contributed by atoms with Gasteiger partial charge in [-0.05, 0) is 71.6 Å². The highest BCUT2D eigenvalue weighted by Gasteiger charge is 2.43. The van der Waals surface area contributed by atoms with Gasteiger partial charge in [0.25, 0.3) is 0 Å². The minimum absolute atomic E-state index is 0.683. The first-order valence-electron chi connectivity index (χ1n) is 9.70. The van der Waals surface area contributed by atoms with E-state index in [0.29, 0.717) is 6.23 Å². The lowest BCUT2D eigenvalue weighted by atomic mass is 10.1. The van der Waals surface area contributed by atoms with E-state index in [1.165, 1.54) is 19.3 Å². The quantitative estimate of drug-likeness (QED) is 0.221. The molecule has 0 rings (SSSR count). The molecule has 0 fully saturated rings. The summed E-state index contributed by atoms with van der Waals surface area (Å²) in [6.07, 6.45) is 8.54. The Hall–Kier alpha value is 0.408. The molecule has 0 aliphatic carbocycles. The standard InChI is InChI=1S/C17H42O5Si4/c1-10-11-12-13-14-15-16-19-17-23(2,3)20-25(6,7)22-26(8,9)21-24(4,5)18/h10,18H,1,11-17H2,2-9H3. The maximum atomic E-state index is 10.0. The van der Waals surface area contributed by atoms with Crippen molar-refractivity contribution < 1.29 is 21.9 Å². The lowest BCUT2D eigenvalue weighted by Gasteiger charge is -2.39. The predicted molar refractivity (Wildman–Crippen MR) is 120 cm³/mol. The van der Waals surface area contributed by atoms with Crippen molar-refractivity contribution in [3.8, 4) is 0 Å². The summed E-state index contributed by atoms with van der Waals surface area (Å²) < 4.78 is 24.5. The van der Waals surface area contributed by atoms with Gasteiger partial charge in [-0.15, -0.1) is 6.58 Å². The Morgan fingerprint density at radius 1 is 0.769 bits per heavy atom. The van der Waals surface area contributed by atoms with E-state index in [2.05, 4.69) is 32.8 Å². The molecular formula is C17H42O5Si4. The highest BCUT2D eigenvalue weighted by atomic mass is 28.5. The fraction of sp³-hybridized carbons (Fsp3) is 0.882. The van der Waals surface area contributed by atoms with Crippen LogP contribution >= 0.6 is 0 Å². The maximum absolute atomic E-state index is 10.0. The third kappa shape index (κ3) is 15.5. The van der Waals surface area contributed by atoms with Crippen LogP contribution in [0.1, 0.15) is 32.1 Å². The van der Waals surface area contributed by atoms with Gasteiger partial charge in [0.1, 0.15) is 0 Å². The van der Waals surface area contributed by atoms with Gasteiger partial charge in [0.15, 0.2) is 0 Å². The van der Waals surface area contributed by atoms with Gasteiger partial charge in [0.05, 0.1) is 6.23 Å². The van der Waals surface area contributed by atoms with Crippen LogP contribution in [-0.2, 0) is 17.1 Å². The molecule has 1 N–H and O–H groups in total. The number of hydrogen-bond donors (Lipinski definition) is 1. The van der Waals surface area contributed by atoms with E-state index >= 15 is 0 Å². The normalized spacial score (nSPS) is 13.9. The molecule has 5 nitrogen and oxygen atoms in total. The molecular weight excluding hydrogens is 397 g/mol. The van der Waals surface area contributed by atoms with Crippen molar-refractivity contribution in [1.29, 1.82) is 0 Å². The Bertz CT molecular complexity index is 408. The van der Waals surface area contributed by atoms with Crippen LogP contribution in [0, 0.1) is 0 Å². The number of allylic oxidation sites excluding steroid dienone is 1. The largest absolute Gasteiger partial charge is 0.435 e. The zero-order chi connectivity index (χ0) is 20.5. The second kappa shape index (κ2) is 11.4. The molecule has 0 aromatic carbocycles. The summed E-state index contributed by atoms with van der Waals surface area (Å²) in [6.45, 7) is 20.5. The second-order valence-electron chi connectivity index (χ2n) is 8.86. The summed E-state index contributed by atoms with van der Waals surface area (Å²) in [5.74, 6) is 0. The monoisotopic (exact) mass is 438 g/mol. The van der Waals surface area contributed by atoms with Gasteiger partial charge in [0.2, 0.25) is 8.32 Å². The molecule has 0 amide bonds. The topological polar surface area (TPSA) is 57.2 Å². The zero-order valence-corrected chi connectivity index (χ0v) is 22.3. The molecule has 0 aliphatic rings. The first-order chi connectivity index (χ1) is 11.7. The van der Waals surface area contributed by atoms with Crippen LogP contribution in [-0.4, -0.2) is 51.6 Å². The fourth-order valence-electron chi connectivity index (χ4n) is 3.09. The Morgan fingerprint density at radius 2 is 1.31 bits per heavy atom. The van der Waals surface area contributed by atoms with Gasteiger partial charge in [-0.25, -0.2) is 0 Å². The summed E-state index contributed by atoms with van der Waals surface area (Å²) in [7, 11) is -9.33. The summed E-state index contributed by atoms with van der Waals surface area (Å²) in [5.41, 5.74) is 0. The fourth-order valence-corrected chi connectivity index (χ4v) is 19.9. The van der Waals surface area contributed by atoms with Crippen LogP contribution in [0.15, 0.2) is 12.7 Å². The average Bonchev–Trinajstić information content (AvgIpc) is 2.35. The lowest BCUT2D eigenvalue weighted by Crippen LogP contribution is -2.57. The van der Waals surface area contributed by atoms with Crippen LogP contribution in [0.3, 0.4) is 0 Å². The highest BCUT2D eigenvalue weighted by Crippen LogP contribution is 2.23. The molecule has 26 heavy (non-hydrogen) atoms. The molecule has 0 radical (unpaired) electrons. The smallest absolute Gasteiger partial charge is 0.320 e. The first kappa shape index (κ1) is 26.4. The van der Waals surface area contributed by atoms with Crippen LogP contribution < -0.4 is 0 Å². The molecule has 0 aliphatic heterocycles. The number of rotatable bonds is 15. The molecule has 0 unspecified atom stereocenters. The first-order valence-corrected chi connectivity index (χ1v) is 21.3. The summed E-state index contributed by atoms with van der Waals surface area (Å²) in [5, 5.41) is 0. The predicted octanol–water partition coefficient (Wildman–Crippen LogP) is 5.03. The van der Waals surface area contributed by atoms with E-state index in [1.54, 1.807) is 13.1 Å². The zero-order valence-electron chi connectivity index (χ0n) is 18.3. The van der Waals surface area contributed by atoms with Crippen molar-refractivity contribution in [2.45, 2.75) is 84.5 Å². The number of ether oxygens (including phenoxy) is 1. The van der Waals surface area contributed by atoms with Crippen molar-refractivity contribution >= 4 is 34.0 Å². The summed E-state index contributed by atoms with van der Waals surface area (Å²) in [4.78, 5) is 10.0. The lowest BCUT2D eigenvalue weighted by molar-refractivity contribution is 0.157. The van der Waals surface area contributed by atoms with Crippen molar-refractivity contribution in [3.63, 3.8) is 0 Å². The molecule has 0 heterocycles. The molecule has 0 saturated carbocycles. The molecule has 0 spiro atoms. The molecule has 0 bridgehead atoms. The SMILES string of the molecule is C=CCCCCCCOC[Si](C)(C)O[Si](C)(C)O[Si](C)(C)O[Si](C)(C)O. The molecule has 0 atom stereocenters. The van der Waals surface area contributed by atoms with Crippen LogP contribution in [0.25, 0.3) is 0 Å². The van der Waals surface area contributed by atoms with Gasteiger partial charge in [-0.3, -0.25) is 0 Å². The van der Waals surface area contributed by atoms with Gasteiger partial charge in [-0.1, -0.05) is 18.9 Å². The summed E-state index contributed by atoms with van der Waals surface area (Å²) in [6, 6.07) is 0. The van der Waals surface area contributed by atoms with Crippen LogP contribution in [0.4, 0.5) is 0 Å². The van der Waals surface area contributed by atoms with Crippen molar-refractivity contribution in [2.75, 3.05) is 12.8 Å². The Kier molecular flexibility index (Phi) is 11.6. The van der Waals surface area contributed by atoms with Gasteiger partial charge in [-0.2, -0.15) is 0 Å². The Morgan fingerprint density at radius 3 is 1.85 bits per heavy atom. The molecule has 0 saturated heterocycles. The molecule has 0 aromatic heterocycles. The Balaban J connectivity index is 4.26. The van der Waals surface area contributed by atoms with Gasteiger partial charge >= 0.3 is 25.7 Å². The third-order valence-corrected chi connectivity index (χ3v) is 16.4. The second-order valence-corrected chi connectivity index (χ2v) is 23.6. The van der Waals surface area contributed by atoms with Crippen LogP contribution in [0.2, 0.25) is 52.4 Å². The van der Waals surface area contributed by atoms with E-state index in [-0.39, 0.29) is 0 Å². The van der Waals surface area contributed by atoms with Crippen molar-refractivity contribution in [3.05, 3.63) is 12.7 Å². The van der Waals surface area contributed by atoms with Crippen molar-refractivity contribution in [1.82, 2.24) is 0 Å². The summed E-state index contributed by atoms with van der Waals surface area (Å²) >= 11 is 0. The third-order valence-electron chi connectivity index (χ3n) is 3.41. The average molecular weight is 439 g/mol. The van der Waals surface area contributed by atoms with E-state index in [4.69, 9.17) is 17.1 Å². The highest BCUT2D eigenvalue weighted by molar-refractivity contribution is 6.88. The molecule has 9 heteroatoms. The maximum Gasteiger partial charge on any atom is 0.320 e. The minimum atomic E-state index is -2.61. The Labute approximate surface area is 166 Å².